The first kappa shape index (κ1) is 9.44. The Balaban J connectivity index is 1.82. The number of hydrogen-bond donors (Lipinski definition) is 3. The second kappa shape index (κ2) is 4.94. The lowest BCUT2D eigenvalue weighted by atomic mass is 9.88. The highest BCUT2D eigenvalue weighted by molar-refractivity contribution is 4.83. The van der Waals surface area contributed by atoms with E-state index in [1.54, 1.807) is 0 Å². The molecule has 2 saturated heterocycles. The van der Waals surface area contributed by atoms with E-state index in [0.29, 0.717) is 0 Å². The zero-order valence-electron chi connectivity index (χ0n) is 8.31. The minimum Gasteiger partial charge on any atom is -0.317 e. The molecule has 0 aliphatic carbocycles. The molecule has 76 valence electrons. The SMILES string of the molecule is C1CNC(C2CCNCC2)CCN1. The Hall–Kier alpha value is -0.120. The van der Waals surface area contributed by atoms with Gasteiger partial charge in [0, 0.05) is 19.1 Å². The number of rotatable bonds is 1. The van der Waals surface area contributed by atoms with Crippen molar-refractivity contribution in [2.24, 2.45) is 5.92 Å². The van der Waals surface area contributed by atoms with Gasteiger partial charge in [0.2, 0.25) is 0 Å². The highest BCUT2D eigenvalue weighted by Gasteiger charge is 2.23. The molecule has 2 heterocycles. The molecule has 13 heavy (non-hydrogen) atoms. The summed E-state index contributed by atoms with van der Waals surface area (Å²) in [7, 11) is 0. The quantitative estimate of drug-likeness (QED) is 0.533. The Morgan fingerprint density at radius 3 is 2.23 bits per heavy atom. The van der Waals surface area contributed by atoms with Crippen molar-refractivity contribution in [1.82, 2.24) is 16.0 Å². The van der Waals surface area contributed by atoms with Crippen molar-refractivity contribution in [3.8, 4) is 0 Å². The zero-order chi connectivity index (χ0) is 8.93. The monoisotopic (exact) mass is 183 g/mol. The average Bonchev–Trinajstić information content (AvgIpc) is 2.47. The van der Waals surface area contributed by atoms with Gasteiger partial charge in [-0.3, -0.25) is 0 Å². The van der Waals surface area contributed by atoms with Crippen LogP contribution in [0.4, 0.5) is 0 Å². The Labute approximate surface area is 80.7 Å². The Kier molecular flexibility index (Phi) is 3.58. The molecule has 0 saturated carbocycles. The molecule has 3 nitrogen and oxygen atoms in total. The van der Waals surface area contributed by atoms with Crippen molar-refractivity contribution in [3.05, 3.63) is 0 Å². The van der Waals surface area contributed by atoms with E-state index in [9.17, 15) is 0 Å². The normalized spacial score (nSPS) is 32.8. The van der Waals surface area contributed by atoms with Gasteiger partial charge >= 0.3 is 0 Å². The number of nitrogens with one attached hydrogen (secondary N) is 3. The summed E-state index contributed by atoms with van der Waals surface area (Å²) in [5.41, 5.74) is 0. The standard InChI is InChI=1S/C10H21N3/c1-4-11-5-2-9(1)10-3-6-12-7-8-13-10/h9-13H,1-8H2. The first-order valence-corrected chi connectivity index (χ1v) is 5.61. The van der Waals surface area contributed by atoms with Gasteiger partial charge in [-0.15, -0.1) is 0 Å². The van der Waals surface area contributed by atoms with Crippen molar-refractivity contribution >= 4 is 0 Å². The fraction of sp³-hybridized carbons (Fsp3) is 1.00. The van der Waals surface area contributed by atoms with Crippen LogP contribution in [0, 0.1) is 5.92 Å². The van der Waals surface area contributed by atoms with E-state index in [1.165, 1.54) is 38.9 Å². The van der Waals surface area contributed by atoms with Gasteiger partial charge in [-0.25, -0.2) is 0 Å². The topological polar surface area (TPSA) is 36.1 Å². The molecule has 1 unspecified atom stereocenters. The maximum Gasteiger partial charge on any atom is 0.0109 e. The van der Waals surface area contributed by atoms with Gasteiger partial charge in [0.15, 0.2) is 0 Å². The Bertz CT molecular complexity index is 135. The third kappa shape index (κ3) is 2.66. The highest BCUT2D eigenvalue weighted by Crippen LogP contribution is 2.18. The highest BCUT2D eigenvalue weighted by atomic mass is 15.0. The fourth-order valence-electron chi connectivity index (χ4n) is 2.48. The minimum atomic E-state index is 0.775. The molecule has 2 fully saturated rings. The molecule has 0 radical (unpaired) electrons. The summed E-state index contributed by atoms with van der Waals surface area (Å²) in [6.07, 6.45) is 4.03. The van der Waals surface area contributed by atoms with E-state index < -0.39 is 0 Å². The van der Waals surface area contributed by atoms with Crippen LogP contribution in [-0.2, 0) is 0 Å². The van der Waals surface area contributed by atoms with E-state index in [-0.39, 0.29) is 0 Å². The third-order valence-electron chi connectivity index (χ3n) is 3.29. The second-order valence-corrected chi connectivity index (χ2v) is 4.19. The van der Waals surface area contributed by atoms with Crippen LogP contribution in [0.3, 0.4) is 0 Å². The predicted octanol–water partition coefficient (Wildman–Crippen LogP) is -0.0625. The molecule has 1 atom stereocenters. The van der Waals surface area contributed by atoms with Gasteiger partial charge in [0.05, 0.1) is 0 Å². The summed E-state index contributed by atoms with van der Waals surface area (Å²) in [5, 5.41) is 10.5. The summed E-state index contributed by atoms with van der Waals surface area (Å²) >= 11 is 0. The van der Waals surface area contributed by atoms with Crippen molar-refractivity contribution in [1.29, 1.82) is 0 Å². The summed E-state index contributed by atoms with van der Waals surface area (Å²) < 4.78 is 0. The van der Waals surface area contributed by atoms with Crippen LogP contribution >= 0.6 is 0 Å². The van der Waals surface area contributed by atoms with E-state index in [2.05, 4.69) is 16.0 Å². The maximum absolute atomic E-state index is 3.66. The smallest absolute Gasteiger partial charge is 0.0109 e. The average molecular weight is 183 g/mol. The fourth-order valence-corrected chi connectivity index (χ4v) is 2.48. The molecule has 0 amide bonds. The van der Waals surface area contributed by atoms with Gasteiger partial charge in [0.1, 0.15) is 0 Å². The van der Waals surface area contributed by atoms with Crippen LogP contribution < -0.4 is 16.0 Å². The number of piperidine rings is 1. The van der Waals surface area contributed by atoms with Crippen LogP contribution in [0.15, 0.2) is 0 Å². The molecular formula is C10H21N3. The van der Waals surface area contributed by atoms with Crippen molar-refractivity contribution < 1.29 is 0 Å². The number of hydrogen-bond acceptors (Lipinski definition) is 3. The lowest BCUT2D eigenvalue weighted by Crippen LogP contribution is -2.41. The molecule has 3 heteroatoms. The Morgan fingerprint density at radius 1 is 0.692 bits per heavy atom. The van der Waals surface area contributed by atoms with Gasteiger partial charge in [-0.05, 0) is 44.8 Å². The first-order valence-electron chi connectivity index (χ1n) is 5.61. The van der Waals surface area contributed by atoms with Crippen LogP contribution in [0.2, 0.25) is 0 Å². The predicted molar refractivity (Wildman–Crippen MR) is 54.9 cm³/mol. The van der Waals surface area contributed by atoms with Gasteiger partial charge < -0.3 is 16.0 Å². The van der Waals surface area contributed by atoms with Crippen LogP contribution in [0.25, 0.3) is 0 Å². The van der Waals surface area contributed by atoms with E-state index in [1.807, 2.05) is 0 Å². The van der Waals surface area contributed by atoms with Gasteiger partial charge in [-0.2, -0.15) is 0 Å². The largest absolute Gasteiger partial charge is 0.317 e. The minimum absolute atomic E-state index is 0.775. The van der Waals surface area contributed by atoms with Crippen molar-refractivity contribution in [2.45, 2.75) is 25.3 Å². The molecule has 0 spiro atoms. The summed E-state index contributed by atoms with van der Waals surface area (Å²) in [6, 6.07) is 0.775. The summed E-state index contributed by atoms with van der Waals surface area (Å²) in [5.74, 6) is 0.918. The molecule has 0 aromatic carbocycles. The van der Waals surface area contributed by atoms with Crippen LogP contribution in [0.5, 0.6) is 0 Å². The lowest BCUT2D eigenvalue weighted by molar-refractivity contribution is 0.279. The molecule has 3 N–H and O–H groups in total. The van der Waals surface area contributed by atoms with Crippen LogP contribution in [-0.4, -0.2) is 38.8 Å². The third-order valence-corrected chi connectivity index (χ3v) is 3.29. The zero-order valence-corrected chi connectivity index (χ0v) is 8.31. The molecule has 0 bridgehead atoms. The van der Waals surface area contributed by atoms with Crippen molar-refractivity contribution in [3.63, 3.8) is 0 Å². The second-order valence-electron chi connectivity index (χ2n) is 4.19. The summed E-state index contributed by atoms with van der Waals surface area (Å²) in [4.78, 5) is 0. The molecule has 2 rings (SSSR count). The van der Waals surface area contributed by atoms with Gasteiger partial charge in [-0.1, -0.05) is 0 Å². The van der Waals surface area contributed by atoms with Crippen LogP contribution in [0.1, 0.15) is 19.3 Å². The maximum atomic E-state index is 3.66. The molecule has 0 aromatic rings. The molecule has 2 aliphatic rings. The van der Waals surface area contributed by atoms with E-state index in [0.717, 1.165) is 25.0 Å². The lowest BCUT2D eigenvalue weighted by Gasteiger charge is -2.30. The summed E-state index contributed by atoms with van der Waals surface area (Å²) in [6.45, 7) is 5.92. The van der Waals surface area contributed by atoms with Crippen molar-refractivity contribution in [2.75, 3.05) is 32.7 Å². The van der Waals surface area contributed by atoms with E-state index >= 15 is 0 Å². The molecular weight excluding hydrogens is 162 g/mol. The van der Waals surface area contributed by atoms with Gasteiger partial charge in [0.25, 0.3) is 0 Å². The Morgan fingerprint density at radius 2 is 1.38 bits per heavy atom. The first-order chi connectivity index (χ1) is 6.47. The van der Waals surface area contributed by atoms with E-state index in [4.69, 9.17) is 0 Å². The molecule has 2 aliphatic heterocycles. The molecule has 0 aromatic heterocycles.